The van der Waals surface area contributed by atoms with E-state index in [0.29, 0.717) is 28.6 Å². The summed E-state index contributed by atoms with van der Waals surface area (Å²) in [7, 11) is 1.76. The van der Waals surface area contributed by atoms with Gasteiger partial charge in [0.2, 0.25) is 5.62 Å². The van der Waals surface area contributed by atoms with Crippen LogP contribution in [0.3, 0.4) is 0 Å². The fourth-order valence-corrected chi connectivity index (χ4v) is 4.34. The summed E-state index contributed by atoms with van der Waals surface area (Å²) in [6.07, 6.45) is 0. The molecule has 0 radical (unpaired) electrons. The Labute approximate surface area is 188 Å². The van der Waals surface area contributed by atoms with E-state index in [0.717, 1.165) is 11.0 Å². The normalized spacial score (nSPS) is 11.0. The predicted octanol–water partition coefficient (Wildman–Crippen LogP) is 4.29. The molecular formula is C23H21ClN4O2S. The number of carbonyl (C=O) groups excluding carboxylic acids is 2. The molecule has 4 aromatic rings. The van der Waals surface area contributed by atoms with Gasteiger partial charge in [-0.3, -0.25) is 15.0 Å². The van der Waals surface area contributed by atoms with E-state index >= 15 is 0 Å². The largest absolute Gasteiger partial charge is 0.339 e. The molecule has 158 valence electrons. The van der Waals surface area contributed by atoms with Crippen LogP contribution >= 0.6 is 22.9 Å². The van der Waals surface area contributed by atoms with Crippen molar-refractivity contribution in [3.8, 4) is 0 Å². The molecular weight excluding hydrogens is 432 g/mol. The molecule has 2 heterocycles. The molecule has 0 spiro atoms. The van der Waals surface area contributed by atoms with Crippen LogP contribution in [0.2, 0.25) is 5.02 Å². The Hall–Kier alpha value is -3.16. The quantitative estimate of drug-likeness (QED) is 0.425. The fraction of sp³-hybridized carbons (Fsp3) is 0.174. The van der Waals surface area contributed by atoms with Crippen molar-refractivity contribution >= 4 is 45.7 Å². The lowest BCUT2D eigenvalue weighted by Crippen LogP contribution is -2.33. The smallest absolute Gasteiger partial charge is 0.263 e. The maximum absolute atomic E-state index is 12.8. The molecule has 0 bridgehead atoms. The maximum Gasteiger partial charge on any atom is 0.263 e. The Balaban J connectivity index is 1.59. The van der Waals surface area contributed by atoms with Crippen molar-refractivity contribution in [3.05, 3.63) is 87.1 Å². The highest BCUT2D eigenvalue weighted by molar-refractivity contribution is 7.12. The summed E-state index contributed by atoms with van der Waals surface area (Å²) >= 11 is 7.33. The van der Waals surface area contributed by atoms with Gasteiger partial charge in [0.1, 0.15) is 0 Å². The summed E-state index contributed by atoms with van der Waals surface area (Å²) in [5, 5.41) is 11.2. The highest BCUT2D eigenvalue weighted by Gasteiger charge is 2.17. The van der Waals surface area contributed by atoms with Gasteiger partial charge >= 0.3 is 0 Å². The standard InChI is InChI=1S/C23H21ClN4O2S/c1-26(22(30)21-7-4-14-31-21)12-13-27-18-5-2-3-6-19(18)28(23(27)25)15-20(29)16-8-10-17(24)11-9-16/h2-11,14,25H,12-13,15H2,1H3. The highest BCUT2D eigenvalue weighted by Crippen LogP contribution is 2.16. The van der Waals surface area contributed by atoms with E-state index in [1.807, 2.05) is 40.3 Å². The first kappa shape index (κ1) is 21.1. The van der Waals surface area contributed by atoms with Gasteiger partial charge in [-0.1, -0.05) is 29.8 Å². The number of thiophene rings is 1. The molecule has 0 unspecified atom stereocenters. The molecule has 2 aromatic carbocycles. The molecule has 0 saturated heterocycles. The second-order valence-corrected chi connectivity index (χ2v) is 8.57. The number of likely N-dealkylation sites (N-methyl/N-ethyl adjacent to an activating group) is 1. The minimum absolute atomic E-state index is 0.0382. The van der Waals surface area contributed by atoms with Crippen LogP contribution in [0.5, 0.6) is 0 Å². The Morgan fingerprint density at radius 3 is 2.32 bits per heavy atom. The molecule has 0 aliphatic carbocycles. The molecule has 2 aromatic heterocycles. The van der Waals surface area contributed by atoms with Gasteiger partial charge in [-0.2, -0.15) is 0 Å². The van der Waals surface area contributed by atoms with Crippen LogP contribution in [0.1, 0.15) is 20.0 Å². The number of Topliss-reactive ketones (excluding diaryl/α,β-unsaturated/α-hetero) is 1. The SMILES string of the molecule is CN(CCn1c(=N)n(CC(=O)c2ccc(Cl)cc2)c2ccccc21)C(=O)c1cccs1. The molecule has 6 nitrogen and oxygen atoms in total. The number of ketones is 1. The second-order valence-electron chi connectivity index (χ2n) is 7.18. The number of nitrogens with one attached hydrogen (secondary N) is 1. The van der Waals surface area contributed by atoms with Crippen molar-refractivity contribution in [1.29, 1.82) is 5.41 Å². The van der Waals surface area contributed by atoms with Crippen molar-refractivity contribution in [2.24, 2.45) is 0 Å². The van der Waals surface area contributed by atoms with Crippen LogP contribution in [0.15, 0.2) is 66.0 Å². The number of imidazole rings is 1. The number of fused-ring (bicyclic) bond motifs is 1. The lowest BCUT2D eigenvalue weighted by Gasteiger charge is -2.16. The van der Waals surface area contributed by atoms with Gasteiger partial charge in [0.05, 0.1) is 22.5 Å². The van der Waals surface area contributed by atoms with E-state index in [4.69, 9.17) is 17.0 Å². The van der Waals surface area contributed by atoms with E-state index in [9.17, 15) is 9.59 Å². The summed E-state index contributed by atoms with van der Waals surface area (Å²) in [6, 6.07) is 18.0. The number of aromatic nitrogens is 2. The zero-order valence-electron chi connectivity index (χ0n) is 16.9. The molecule has 1 N–H and O–H groups in total. The molecule has 0 atom stereocenters. The maximum atomic E-state index is 12.8. The van der Waals surface area contributed by atoms with Gasteiger partial charge < -0.3 is 14.0 Å². The number of amides is 1. The van der Waals surface area contributed by atoms with Crippen LogP contribution in [0, 0.1) is 5.41 Å². The lowest BCUT2D eigenvalue weighted by atomic mass is 10.1. The first-order valence-corrected chi connectivity index (χ1v) is 11.0. The van der Waals surface area contributed by atoms with Crippen LogP contribution in [0.4, 0.5) is 0 Å². The second kappa shape index (κ2) is 8.91. The van der Waals surface area contributed by atoms with Crippen molar-refractivity contribution in [2.75, 3.05) is 13.6 Å². The van der Waals surface area contributed by atoms with Gasteiger partial charge in [0.25, 0.3) is 5.91 Å². The third-order valence-electron chi connectivity index (χ3n) is 5.18. The van der Waals surface area contributed by atoms with Crippen molar-refractivity contribution in [1.82, 2.24) is 14.0 Å². The van der Waals surface area contributed by atoms with Gasteiger partial charge in [-0.15, -0.1) is 11.3 Å². The minimum Gasteiger partial charge on any atom is -0.339 e. The Morgan fingerprint density at radius 2 is 1.68 bits per heavy atom. The van der Waals surface area contributed by atoms with Crippen LogP contribution in [-0.2, 0) is 13.1 Å². The molecule has 1 amide bonds. The van der Waals surface area contributed by atoms with E-state index in [-0.39, 0.29) is 23.9 Å². The van der Waals surface area contributed by atoms with E-state index in [2.05, 4.69) is 0 Å². The average Bonchev–Trinajstić information content (AvgIpc) is 3.40. The monoisotopic (exact) mass is 452 g/mol. The lowest BCUT2D eigenvalue weighted by molar-refractivity contribution is 0.0795. The van der Waals surface area contributed by atoms with Crippen molar-refractivity contribution < 1.29 is 9.59 Å². The molecule has 0 fully saturated rings. The van der Waals surface area contributed by atoms with Gasteiger partial charge in [0.15, 0.2) is 5.78 Å². The topological polar surface area (TPSA) is 71.1 Å². The summed E-state index contributed by atoms with van der Waals surface area (Å²) in [5.74, 6) is -0.133. The van der Waals surface area contributed by atoms with E-state index in [1.54, 1.807) is 46.8 Å². The molecule has 8 heteroatoms. The summed E-state index contributed by atoms with van der Waals surface area (Å²) in [5.41, 5.74) is 2.44. The third kappa shape index (κ3) is 4.33. The van der Waals surface area contributed by atoms with Gasteiger partial charge in [0, 0.05) is 30.7 Å². The zero-order chi connectivity index (χ0) is 22.0. The van der Waals surface area contributed by atoms with E-state index < -0.39 is 0 Å². The van der Waals surface area contributed by atoms with Crippen LogP contribution in [0.25, 0.3) is 11.0 Å². The van der Waals surface area contributed by atoms with Gasteiger partial charge in [-0.25, -0.2) is 0 Å². The van der Waals surface area contributed by atoms with E-state index in [1.165, 1.54) is 11.3 Å². The number of benzene rings is 2. The predicted molar refractivity (Wildman–Crippen MR) is 123 cm³/mol. The molecule has 4 rings (SSSR count). The number of nitrogens with zero attached hydrogens (tertiary/aromatic N) is 3. The first-order chi connectivity index (χ1) is 15.0. The van der Waals surface area contributed by atoms with Gasteiger partial charge in [-0.05, 0) is 47.8 Å². The highest BCUT2D eigenvalue weighted by atomic mass is 35.5. The number of carbonyl (C=O) groups is 2. The number of hydrogen-bond donors (Lipinski definition) is 1. The van der Waals surface area contributed by atoms with Crippen LogP contribution < -0.4 is 5.62 Å². The molecule has 0 saturated carbocycles. The summed E-state index contributed by atoms with van der Waals surface area (Å²) < 4.78 is 3.54. The Kier molecular flexibility index (Phi) is 6.06. The molecule has 31 heavy (non-hydrogen) atoms. The third-order valence-corrected chi connectivity index (χ3v) is 6.29. The number of halogens is 1. The summed E-state index contributed by atoms with van der Waals surface area (Å²) in [4.78, 5) is 27.7. The number of rotatable bonds is 7. The minimum atomic E-state index is -0.0944. The Morgan fingerprint density at radius 1 is 1.00 bits per heavy atom. The fourth-order valence-electron chi connectivity index (χ4n) is 3.49. The molecule has 0 aliphatic rings. The summed E-state index contributed by atoms with van der Waals surface area (Å²) in [6.45, 7) is 0.958. The van der Waals surface area contributed by atoms with Crippen molar-refractivity contribution in [2.45, 2.75) is 13.1 Å². The van der Waals surface area contributed by atoms with Crippen LogP contribution in [-0.4, -0.2) is 39.3 Å². The first-order valence-electron chi connectivity index (χ1n) is 9.76. The Bertz CT molecular complexity index is 1290. The average molecular weight is 453 g/mol. The number of hydrogen-bond acceptors (Lipinski definition) is 4. The number of para-hydroxylation sites is 2. The molecule has 0 aliphatic heterocycles. The van der Waals surface area contributed by atoms with Crippen molar-refractivity contribution in [3.63, 3.8) is 0 Å². The zero-order valence-corrected chi connectivity index (χ0v) is 18.5.